The van der Waals surface area contributed by atoms with Crippen molar-refractivity contribution in [2.75, 3.05) is 16.6 Å². The topological polar surface area (TPSA) is 93.0 Å². The maximum absolute atomic E-state index is 13.5. The van der Waals surface area contributed by atoms with Crippen LogP contribution >= 0.6 is 0 Å². The van der Waals surface area contributed by atoms with E-state index in [9.17, 15) is 18.2 Å². The van der Waals surface area contributed by atoms with Gasteiger partial charge in [0.25, 0.3) is 5.91 Å². The molecule has 0 radical (unpaired) electrons. The number of carbonyl (C=O) groups excluding carboxylic acids is 1. The van der Waals surface area contributed by atoms with Crippen LogP contribution < -0.4 is 19.9 Å². The molecule has 2 aromatic carbocycles. The Hall–Kier alpha value is -4.05. The first kappa shape index (κ1) is 23.7. The summed E-state index contributed by atoms with van der Waals surface area (Å²) in [7, 11) is -1.15. The number of amides is 1. The average Bonchev–Trinajstić information content (AvgIpc) is 3.33. The highest BCUT2D eigenvalue weighted by Gasteiger charge is 2.24. The van der Waals surface area contributed by atoms with Crippen molar-refractivity contribution >= 4 is 28.2 Å². The largest absolute Gasteiger partial charge is 0.481 e. The van der Waals surface area contributed by atoms with Gasteiger partial charge in [-0.1, -0.05) is 42.5 Å². The molecule has 1 aliphatic rings. The highest BCUT2D eigenvalue weighted by atomic mass is 32.2. The summed E-state index contributed by atoms with van der Waals surface area (Å²) in [5.41, 5.74) is 1.71. The van der Waals surface area contributed by atoms with Crippen LogP contribution in [0.4, 0.5) is 10.1 Å². The molecule has 4 aromatic rings. The van der Waals surface area contributed by atoms with Crippen LogP contribution in [-0.4, -0.2) is 31.8 Å². The van der Waals surface area contributed by atoms with Crippen molar-refractivity contribution in [2.24, 2.45) is 0 Å². The maximum atomic E-state index is 13.5. The Morgan fingerprint density at radius 2 is 1.83 bits per heavy atom. The molecule has 1 amide bonds. The zero-order valence-electron chi connectivity index (χ0n) is 19.2. The second-order valence-corrected chi connectivity index (χ2v) is 9.77. The molecule has 3 heterocycles. The van der Waals surface area contributed by atoms with Gasteiger partial charge >= 0.3 is 5.56 Å². The summed E-state index contributed by atoms with van der Waals surface area (Å²) in [5.74, 6) is -0.577. The Kier molecular flexibility index (Phi) is 6.77. The molecule has 1 aliphatic heterocycles. The van der Waals surface area contributed by atoms with E-state index in [-0.39, 0.29) is 36.1 Å². The first-order valence-corrected chi connectivity index (χ1v) is 12.7. The predicted octanol–water partition coefficient (Wildman–Crippen LogP) is 3.22. The fourth-order valence-corrected chi connectivity index (χ4v) is 5.20. The number of ether oxygens (including phenoxy) is 1. The molecule has 0 aliphatic carbocycles. The Labute approximate surface area is 208 Å². The van der Waals surface area contributed by atoms with Crippen LogP contribution in [0.25, 0.3) is 5.65 Å². The molecule has 0 saturated carbocycles. The molecular weight excluding hydrogens is 483 g/mol. The van der Waals surface area contributed by atoms with Gasteiger partial charge in [-0.05, 0) is 41.8 Å². The number of halogens is 1. The van der Waals surface area contributed by atoms with Gasteiger partial charge in [0.2, 0.25) is 5.75 Å². The van der Waals surface area contributed by atoms with Gasteiger partial charge in [-0.25, -0.2) is 13.6 Å². The molecular formula is C26H23FN4O4S. The number of hydrogen-bond donors (Lipinski definition) is 1. The SMILES string of the molecule is O=C(NCc1ccc(F)cc1)c1nc2ccc(N3CCCS3=O)cn2c(=O)c1OCc1ccccc1. The lowest BCUT2D eigenvalue weighted by atomic mass is 10.2. The molecule has 1 fully saturated rings. The normalized spacial score (nSPS) is 15.2. The van der Waals surface area contributed by atoms with Gasteiger partial charge < -0.3 is 10.1 Å². The van der Waals surface area contributed by atoms with E-state index in [1.807, 2.05) is 30.3 Å². The summed E-state index contributed by atoms with van der Waals surface area (Å²) in [6, 6.07) is 18.4. The van der Waals surface area contributed by atoms with Crippen LogP contribution in [0.15, 0.2) is 77.7 Å². The van der Waals surface area contributed by atoms with Crippen LogP contribution in [0, 0.1) is 5.82 Å². The van der Waals surface area contributed by atoms with Gasteiger partial charge in [0, 0.05) is 25.0 Å². The monoisotopic (exact) mass is 506 g/mol. The van der Waals surface area contributed by atoms with Crippen LogP contribution in [0.3, 0.4) is 0 Å². The number of benzene rings is 2. The molecule has 1 unspecified atom stereocenters. The minimum absolute atomic E-state index is 0.0674. The summed E-state index contributed by atoms with van der Waals surface area (Å²) < 4.78 is 34.4. The quantitative estimate of drug-likeness (QED) is 0.416. The average molecular weight is 507 g/mol. The number of nitrogens with zero attached hydrogens (tertiary/aromatic N) is 3. The molecule has 10 heteroatoms. The summed E-state index contributed by atoms with van der Waals surface area (Å²) in [5, 5.41) is 2.73. The van der Waals surface area contributed by atoms with Crippen molar-refractivity contribution in [2.45, 2.75) is 19.6 Å². The highest BCUT2D eigenvalue weighted by molar-refractivity contribution is 7.86. The number of hydrogen-bond acceptors (Lipinski definition) is 5. The van der Waals surface area contributed by atoms with Crippen molar-refractivity contribution in [3.63, 3.8) is 0 Å². The molecule has 0 spiro atoms. The van der Waals surface area contributed by atoms with Gasteiger partial charge in [-0.15, -0.1) is 0 Å². The van der Waals surface area contributed by atoms with Crippen LogP contribution in [0.5, 0.6) is 5.75 Å². The molecule has 1 atom stereocenters. The van der Waals surface area contributed by atoms with Gasteiger partial charge in [-0.3, -0.25) is 18.3 Å². The van der Waals surface area contributed by atoms with E-state index in [1.165, 1.54) is 16.5 Å². The van der Waals surface area contributed by atoms with Crippen molar-refractivity contribution < 1.29 is 18.1 Å². The fourth-order valence-electron chi connectivity index (χ4n) is 3.93. The number of anilines is 1. The lowest BCUT2D eigenvalue weighted by molar-refractivity contribution is 0.0940. The molecule has 1 saturated heterocycles. The summed E-state index contributed by atoms with van der Waals surface area (Å²) in [6.45, 7) is 0.817. The molecule has 36 heavy (non-hydrogen) atoms. The highest BCUT2D eigenvalue weighted by Crippen LogP contribution is 2.23. The third-order valence-corrected chi connectivity index (χ3v) is 7.31. The van der Waals surface area contributed by atoms with E-state index in [2.05, 4.69) is 10.3 Å². The van der Waals surface area contributed by atoms with E-state index >= 15 is 0 Å². The number of pyridine rings is 1. The van der Waals surface area contributed by atoms with Crippen molar-refractivity contribution in [3.05, 3.63) is 106 Å². The summed E-state index contributed by atoms with van der Waals surface area (Å²) >= 11 is 0. The Bertz CT molecular complexity index is 1490. The molecule has 1 N–H and O–H groups in total. The van der Waals surface area contributed by atoms with Crippen LogP contribution in [0.2, 0.25) is 0 Å². The summed E-state index contributed by atoms with van der Waals surface area (Å²) in [6.07, 6.45) is 2.37. The van der Waals surface area contributed by atoms with E-state index < -0.39 is 22.5 Å². The Morgan fingerprint density at radius 3 is 2.56 bits per heavy atom. The van der Waals surface area contributed by atoms with Crippen molar-refractivity contribution in [3.8, 4) is 5.75 Å². The first-order valence-electron chi connectivity index (χ1n) is 11.4. The molecule has 5 rings (SSSR count). The molecule has 184 valence electrons. The van der Waals surface area contributed by atoms with E-state index in [0.717, 1.165) is 12.0 Å². The predicted molar refractivity (Wildman–Crippen MR) is 135 cm³/mol. The Morgan fingerprint density at radius 1 is 1.06 bits per heavy atom. The number of nitrogens with one attached hydrogen (secondary N) is 1. The summed E-state index contributed by atoms with van der Waals surface area (Å²) in [4.78, 5) is 31.1. The second kappa shape index (κ2) is 10.3. The third kappa shape index (κ3) is 4.99. The zero-order chi connectivity index (χ0) is 25.1. The minimum Gasteiger partial charge on any atom is -0.481 e. The molecule has 8 nitrogen and oxygen atoms in total. The van der Waals surface area contributed by atoms with Gasteiger partial charge in [-0.2, -0.15) is 0 Å². The second-order valence-electron chi connectivity index (χ2n) is 8.27. The standard InChI is InChI=1S/C26H23FN4O4S/c27-20-9-7-18(8-10-20)15-28-25(32)23-24(35-17-19-5-2-1-3-6-19)26(33)30-16-21(11-12-22(30)29-23)31-13-4-14-36(31)34/h1-3,5-12,16H,4,13-15,17H2,(H,28,32). The maximum Gasteiger partial charge on any atom is 0.301 e. The molecule has 0 bridgehead atoms. The van der Waals surface area contributed by atoms with Crippen molar-refractivity contribution in [1.82, 2.24) is 14.7 Å². The minimum atomic E-state index is -1.15. The lowest BCUT2D eigenvalue weighted by Crippen LogP contribution is -2.29. The smallest absolute Gasteiger partial charge is 0.301 e. The third-order valence-electron chi connectivity index (χ3n) is 5.79. The van der Waals surface area contributed by atoms with Gasteiger partial charge in [0.1, 0.15) is 29.1 Å². The molecule has 2 aromatic heterocycles. The number of rotatable bonds is 7. The zero-order valence-corrected chi connectivity index (χ0v) is 20.0. The van der Waals surface area contributed by atoms with Gasteiger partial charge in [0.15, 0.2) is 5.69 Å². The first-order chi connectivity index (χ1) is 17.5. The lowest BCUT2D eigenvalue weighted by Gasteiger charge is -2.17. The van der Waals surface area contributed by atoms with E-state index in [4.69, 9.17) is 4.74 Å². The van der Waals surface area contributed by atoms with Crippen LogP contribution in [-0.2, 0) is 24.1 Å². The van der Waals surface area contributed by atoms with Crippen molar-refractivity contribution in [1.29, 1.82) is 0 Å². The fraction of sp³-hybridized carbons (Fsp3) is 0.192. The number of fused-ring (bicyclic) bond motifs is 1. The van der Waals surface area contributed by atoms with E-state index in [1.54, 1.807) is 34.8 Å². The van der Waals surface area contributed by atoms with E-state index in [0.29, 0.717) is 23.5 Å². The number of aromatic nitrogens is 2. The Balaban J connectivity index is 1.50. The van der Waals surface area contributed by atoms with Gasteiger partial charge in [0.05, 0.1) is 5.69 Å². The van der Waals surface area contributed by atoms with Crippen LogP contribution in [0.1, 0.15) is 28.0 Å². The number of carbonyl (C=O) groups is 1.